The molecule has 0 spiro atoms. The summed E-state index contributed by atoms with van der Waals surface area (Å²) in [6, 6.07) is 0. The summed E-state index contributed by atoms with van der Waals surface area (Å²) in [5, 5.41) is 3.32. The topological polar surface area (TPSA) is 21.3 Å². The monoisotopic (exact) mass is 211 g/mol. The Morgan fingerprint density at radius 2 is 1.80 bits per heavy atom. The molecule has 0 aromatic carbocycles. The van der Waals surface area contributed by atoms with Gasteiger partial charge in [-0.1, -0.05) is 19.9 Å². The highest BCUT2D eigenvalue weighted by Crippen LogP contribution is 2.12. The van der Waals surface area contributed by atoms with Crippen LogP contribution in [0, 0.1) is 0 Å². The number of piperidine rings is 1. The molecule has 0 radical (unpaired) electrons. The summed E-state index contributed by atoms with van der Waals surface area (Å²) in [5.74, 6) is 0.995. The van der Waals surface area contributed by atoms with E-state index in [0.29, 0.717) is 6.10 Å². The molecule has 0 atom stereocenters. The number of rotatable bonds is 3. The Balaban J connectivity index is 0.000000921. The minimum Gasteiger partial charge on any atom is -0.491 e. The molecule has 1 fully saturated rings. The largest absolute Gasteiger partial charge is 0.491 e. The molecule has 2 nitrogen and oxygen atoms in total. The normalized spacial score (nSPS) is 18.5. The molecule has 2 heteroatoms. The van der Waals surface area contributed by atoms with E-state index >= 15 is 0 Å². The lowest BCUT2D eigenvalue weighted by Gasteiger charge is -2.24. The Morgan fingerprint density at radius 3 is 2.27 bits per heavy atom. The van der Waals surface area contributed by atoms with Gasteiger partial charge in [0.1, 0.15) is 11.9 Å². The fourth-order valence-corrected chi connectivity index (χ4v) is 1.47. The van der Waals surface area contributed by atoms with Gasteiger partial charge in [0.05, 0.1) is 0 Å². The van der Waals surface area contributed by atoms with E-state index in [1.165, 1.54) is 0 Å². The van der Waals surface area contributed by atoms with Gasteiger partial charge in [0.2, 0.25) is 0 Å². The van der Waals surface area contributed by atoms with Crippen molar-refractivity contribution in [2.24, 2.45) is 0 Å². The van der Waals surface area contributed by atoms with Gasteiger partial charge in [0, 0.05) is 0 Å². The molecular formula is C13H25NO. The highest BCUT2D eigenvalue weighted by Gasteiger charge is 2.13. The molecule has 1 heterocycles. The molecule has 0 aromatic heterocycles. The first-order valence-corrected chi connectivity index (χ1v) is 6.03. The van der Waals surface area contributed by atoms with Crippen LogP contribution in [0.2, 0.25) is 0 Å². The van der Waals surface area contributed by atoms with Gasteiger partial charge in [-0.25, -0.2) is 0 Å². The summed E-state index contributed by atoms with van der Waals surface area (Å²) in [6.07, 6.45) is 8.69. The Bertz CT molecular complexity index is 191. The maximum atomic E-state index is 5.82. The summed E-state index contributed by atoms with van der Waals surface area (Å²) in [4.78, 5) is 0. The quantitative estimate of drug-likeness (QED) is 0.571. The van der Waals surface area contributed by atoms with E-state index in [1.54, 1.807) is 0 Å². The van der Waals surface area contributed by atoms with Crippen LogP contribution in [0.5, 0.6) is 0 Å². The van der Waals surface area contributed by atoms with Crippen molar-refractivity contribution in [2.75, 3.05) is 13.1 Å². The molecule has 0 saturated carbocycles. The predicted octanol–water partition coefficient (Wildman–Crippen LogP) is 3.26. The zero-order chi connectivity index (χ0) is 11.5. The lowest BCUT2D eigenvalue weighted by molar-refractivity contribution is 0.0957. The number of hydrogen-bond acceptors (Lipinski definition) is 2. The molecule has 0 aliphatic carbocycles. The average molecular weight is 211 g/mol. The SMILES string of the molecule is C/C=C\C(=C/C)OC1CCNCC1.CC. The molecular weight excluding hydrogens is 186 g/mol. The van der Waals surface area contributed by atoms with Crippen molar-refractivity contribution in [1.29, 1.82) is 0 Å². The van der Waals surface area contributed by atoms with Crippen LogP contribution >= 0.6 is 0 Å². The molecule has 0 unspecified atom stereocenters. The van der Waals surface area contributed by atoms with E-state index in [2.05, 4.69) is 5.32 Å². The average Bonchev–Trinajstić information content (AvgIpc) is 2.32. The first kappa shape index (κ1) is 14.2. The molecule has 1 N–H and O–H groups in total. The van der Waals surface area contributed by atoms with Crippen molar-refractivity contribution >= 4 is 0 Å². The smallest absolute Gasteiger partial charge is 0.115 e. The number of allylic oxidation sites excluding steroid dienone is 3. The zero-order valence-electron chi connectivity index (χ0n) is 10.5. The van der Waals surface area contributed by atoms with E-state index in [0.717, 1.165) is 31.7 Å². The minimum absolute atomic E-state index is 0.406. The third-order valence-corrected chi connectivity index (χ3v) is 2.20. The van der Waals surface area contributed by atoms with Crippen LogP contribution in [0.25, 0.3) is 0 Å². The Labute approximate surface area is 94.4 Å². The fraction of sp³-hybridized carbons (Fsp3) is 0.692. The van der Waals surface area contributed by atoms with Gasteiger partial charge in [0.15, 0.2) is 0 Å². The lowest BCUT2D eigenvalue weighted by Crippen LogP contribution is -2.32. The Kier molecular flexibility index (Phi) is 9.29. The van der Waals surface area contributed by atoms with Crippen LogP contribution in [0.1, 0.15) is 40.5 Å². The molecule has 0 amide bonds. The van der Waals surface area contributed by atoms with Gasteiger partial charge in [0.25, 0.3) is 0 Å². The molecule has 1 aliphatic heterocycles. The molecule has 1 rings (SSSR count). The van der Waals surface area contributed by atoms with E-state index in [-0.39, 0.29) is 0 Å². The van der Waals surface area contributed by atoms with E-state index < -0.39 is 0 Å². The zero-order valence-corrected chi connectivity index (χ0v) is 10.5. The van der Waals surface area contributed by atoms with Crippen LogP contribution in [-0.2, 0) is 4.74 Å². The molecule has 1 saturated heterocycles. The summed E-state index contributed by atoms with van der Waals surface area (Å²) in [6.45, 7) is 10.2. The number of hydrogen-bond donors (Lipinski definition) is 1. The van der Waals surface area contributed by atoms with Gasteiger partial charge in [-0.15, -0.1) is 0 Å². The molecule has 0 aromatic rings. The van der Waals surface area contributed by atoms with Crippen molar-refractivity contribution in [3.05, 3.63) is 24.0 Å². The molecule has 0 bridgehead atoms. The highest BCUT2D eigenvalue weighted by atomic mass is 16.5. The maximum Gasteiger partial charge on any atom is 0.115 e. The first-order valence-electron chi connectivity index (χ1n) is 6.03. The van der Waals surface area contributed by atoms with Crippen LogP contribution < -0.4 is 5.32 Å². The van der Waals surface area contributed by atoms with Gasteiger partial charge in [-0.3, -0.25) is 0 Å². The second-order valence-electron chi connectivity index (χ2n) is 3.26. The van der Waals surface area contributed by atoms with Crippen LogP contribution in [0.3, 0.4) is 0 Å². The van der Waals surface area contributed by atoms with Crippen LogP contribution in [-0.4, -0.2) is 19.2 Å². The summed E-state index contributed by atoms with van der Waals surface area (Å²) in [7, 11) is 0. The Hall–Kier alpha value is -0.760. The molecule has 15 heavy (non-hydrogen) atoms. The van der Waals surface area contributed by atoms with Gasteiger partial charge in [-0.05, 0) is 51.9 Å². The first-order chi connectivity index (χ1) is 7.36. The van der Waals surface area contributed by atoms with Gasteiger partial charge >= 0.3 is 0 Å². The van der Waals surface area contributed by atoms with E-state index in [1.807, 2.05) is 45.9 Å². The predicted molar refractivity (Wildman–Crippen MR) is 66.9 cm³/mol. The second-order valence-corrected chi connectivity index (χ2v) is 3.26. The Morgan fingerprint density at radius 1 is 1.20 bits per heavy atom. The highest BCUT2D eigenvalue weighted by molar-refractivity contribution is 5.10. The minimum atomic E-state index is 0.406. The van der Waals surface area contributed by atoms with Crippen molar-refractivity contribution in [2.45, 2.75) is 46.6 Å². The third kappa shape index (κ3) is 6.34. The fourth-order valence-electron chi connectivity index (χ4n) is 1.47. The van der Waals surface area contributed by atoms with Crippen LogP contribution in [0.4, 0.5) is 0 Å². The van der Waals surface area contributed by atoms with Gasteiger partial charge < -0.3 is 10.1 Å². The maximum absolute atomic E-state index is 5.82. The second kappa shape index (κ2) is 9.78. The molecule has 1 aliphatic rings. The molecule has 88 valence electrons. The van der Waals surface area contributed by atoms with Crippen molar-refractivity contribution in [3.63, 3.8) is 0 Å². The summed E-state index contributed by atoms with van der Waals surface area (Å²) < 4.78 is 5.82. The van der Waals surface area contributed by atoms with Crippen molar-refractivity contribution in [1.82, 2.24) is 5.32 Å². The lowest BCUT2D eigenvalue weighted by atomic mass is 10.1. The number of nitrogens with one attached hydrogen (secondary N) is 1. The van der Waals surface area contributed by atoms with E-state index in [9.17, 15) is 0 Å². The third-order valence-electron chi connectivity index (χ3n) is 2.20. The van der Waals surface area contributed by atoms with E-state index in [4.69, 9.17) is 4.74 Å². The van der Waals surface area contributed by atoms with Crippen molar-refractivity contribution in [3.8, 4) is 0 Å². The summed E-state index contributed by atoms with van der Waals surface area (Å²) >= 11 is 0. The summed E-state index contributed by atoms with van der Waals surface area (Å²) in [5.41, 5.74) is 0. The van der Waals surface area contributed by atoms with Gasteiger partial charge in [-0.2, -0.15) is 0 Å². The number of ether oxygens (including phenoxy) is 1. The van der Waals surface area contributed by atoms with Crippen molar-refractivity contribution < 1.29 is 4.74 Å². The standard InChI is InChI=1S/C11H19NO.C2H6/c1-3-5-10(4-2)13-11-6-8-12-9-7-11;1-2/h3-5,11-12H,6-9H2,1-2H3;1-2H3/b5-3-,10-4+;. The van der Waals surface area contributed by atoms with Crippen LogP contribution in [0.15, 0.2) is 24.0 Å².